The molecule has 1 aromatic carbocycles. The maximum Gasteiger partial charge on any atom is 0.218 e. The predicted octanol–water partition coefficient (Wildman–Crippen LogP) is 1.90. The van der Waals surface area contributed by atoms with Crippen molar-refractivity contribution in [2.45, 2.75) is 12.7 Å². The molecule has 11 heteroatoms. The van der Waals surface area contributed by atoms with E-state index >= 15 is 0 Å². The number of aromatic nitrogens is 4. The first-order valence-electron chi connectivity index (χ1n) is 9.32. The van der Waals surface area contributed by atoms with E-state index < -0.39 is 27.4 Å². The second-order valence-electron chi connectivity index (χ2n) is 7.02. The highest BCUT2D eigenvalue weighted by molar-refractivity contribution is 7.88. The van der Waals surface area contributed by atoms with E-state index in [9.17, 15) is 17.2 Å². The fourth-order valence-corrected chi connectivity index (χ4v) is 4.91. The SMILES string of the molecule is Cc1nc(N2CCN(S(=O)(=O)Cc3cc(F)cc(F)c3)CC2)cc(-n2ccnc2)n1. The highest BCUT2D eigenvalue weighted by Gasteiger charge is 2.28. The van der Waals surface area contributed by atoms with Crippen LogP contribution in [0.3, 0.4) is 0 Å². The third kappa shape index (κ3) is 4.46. The lowest BCUT2D eigenvalue weighted by Gasteiger charge is -2.34. The van der Waals surface area contributed by atoms with Gasteiger partial charge in [-0.1, -0.05) is 0 Å². The molecule has 1 aliphatic heterocycles. The summed E-state index contributed by atoms with van der Waals surface area (Å²) in [4.78, 5) is 14.9. The van der Waals surface area contributed by atoms with Gasteiger partial charge < -0.3 is 4.90 Å². The number of nitrogens with zero attached hydrogens (tertiary/aromatic N) is 6. The van der Waals surface area contributed by atoms with Crippen molar-refractivity contribution >= 4 is 15.8 Å². The Kier molecular flexibility index (Phi) is 5.48. The number of hydrogen-bond acceptors (Lipinski definition) is 6. The summed E-state index contributed by atoms with van der Waals surface area (Å²) in [7, 11) is -3.70. The Bertz CT molecular complexity index is 1130. The Morgan fingerprint density at radius 3 is 2.27 bits per heavy atom. The minimum atomic E-state index is -3.70. The molecule has 1 aliphatic rings. The van der Waals surface area contributed by atoms with Gasteiger partial charge in [-0.3, -0.25) is 4.57 Å². The van der Waals surface area contributed by atoms with Gasteiger partial charge in [0.25, 0.3) is 0 Å². The van der Waals surface area contributed by atoms with Gasteiger partial charge in [-0.25, -0.2) is 32.2 Å². The average Bonchev–Trinajstić information content (AvgIpc) is 3.21. The lowest BCUT2D eigenvalue weighted by atomic mass is 10.2. The lowest BCUT2D eigenvalue weighted by Crippen LogP contribution is -2.49. The molecule has 30 heavy (non-hydrogen) atoms. The molecule has 1 fully saturated rings. The molecule has 0 amide bonds. The summed E-state index contributed by atoms with van der Waals surface area (Å²) in [6.45, 7) is 3.18. The Balaban J connectivity index is 1.46. The summed E-state index contributed by atoms with van der Waals surface area (Å²) < 4.78 is 55.3. The van der Waals surface area contributed by atoms with Crippen LogP contribution in [0.4, 0.5) is 14.6 Å². The van der Waals surface area contributed by atoms with Crippen LogP contribution >= 0.6 is 0 Å². The monoisotopic (exact) mass is 434 g/mol. The summed E-state index contributed by atoms with van der Waals surface area (Å²) in [5.74, 6) is -0.0530. The first kappa shape index (κ1) is 20.4. The summed E-state index contributed by atoms with van der Waals surface area (Å²) in [5.41, 5.74) is 0.0892. The quantitative estimate of drug-likeness (QED) is 0.610. The molecule has 4 rings (SSSR count). The van der Waals surface area contributed by atoms with E-state index in [1.807, 2.05) is 11.0 Å². The van der Waals surface area contributed by atoms with Crippen LogP contribution in [0, 0.1) is 18.6 Å². The van der Waals surface area contributed by atoms with Crippen molar-refractivity contribution in [1.29, 1.82) is 0 Å². The first-order chi connectivity index (χ1) is 14.3. The number of anilines is 1. The summed E-state index contributed by atoms with van der Waals surface area (Å²) in [5, 5.41) is 0. The molecule has 8 nitrogen and oxygen atoms in total. The predicted molar refractivity (Wildman–Crippen MR) is 107 cm³/mol. The van der Waals surface area contributed by atoms with Crippen LogP contribution in [0.15, 0.2) is 43.0 Å². The van der Waals surface area contributed by atoms with Crippen LogP contribution in [-0.2, 0) is 15.8 Å². The second-order valence-corrected chi connectivity index (χ2v) is 8.99. The third-order valence-corrected chi connectivity index (χ3v) is 6.66. The van der Waals surface area contributed by atoms with Crippen molar-refractivity contribution in [1.82, 2.24) is 23.8 Å². The fourth-order valence-electron chi connectivity index (χ4n) is 3.42. The number of aryl methyl sites for hydroxylation is 1. The van der Waals surface area contributed by atoms with E-state index in [0.717, 1.165) is 18.2 Å². The minimum Gasteiger partial charge on any atom is -0.354 e. The van der Waals surface area contributed by atoms with Crippen LogP contribution in [0.25, 0.3) is 5.82 Å². The van der Waals surface area contributed by atoms with Crippen molar-refractivity contribution < 1.29 is 17.2 Å². The van der Waals surface area contributed by atoms with Crippen LogP contribution < -0.4 is 4.90 Å². The maximum atomic E-state index is 13.4. The molecule has 2 aromatic heterocycles. The summed E-state index contributed by atoms with van der Waals surface area (Å²) >= 11 is 0. The van der Waals surface area contributed by atoms with Gasteiger partial charge in [-0.15, -0.1) is 0 Å². The van der Waals surface area contributed by atoms with Crippen LogP contribution in [0.5, 0.6) is 0 Å². The molecule has 3 aromatic rings. The largest absolute Gasteiger partial charge is 0.354 e. The van der Waals surface area contributed by atoms with Gasteiger partial charge in [-0.2, -0.15) is 4.31 Å². The molecule has 0 atom stereocenters. The highest BCUT2D eigenvalue weighted by Crippen LogP contribution is 2.20. The second kappa shape index (κ2) is 8.07. The molecular formula is C19H20F2N6O2S. The van der Waals surface area contributed by atoms with Crippen molar-refractivity contribution in [2.75, 3.05) is 31.1 Å². The Labute approximate surface area is 172 Å². The standard InChI is InChI=1S/C19H20F2N6O2S/c1-14-23-18(11-19(24-14)26-3-2-22-13-26)25-4-6-27(7-5-25)30(28,29)12-15-8-16(20)10-17(21)9-15/h2-3,8-11,13H,4-7,12H2,1H3. The van der Waals surface area contributed by atoms with E-state index in [-0.39, 0.29) is 18.7 Å². The third-order valence-electron chi connectivity index (χ3n) is 4.81. The molecule has 1 saturated heterocycles. The number of imidazole rings is 1. The molecule has 0 bridgehead atoms. The number of sulfonamides is 1. The van der Waals surface area contributed by atoms with Gasteiger partial charge in [0.15, 0.2) is 0 Å². The molecule has 0 unspecified atom stereocenters. The smallest absolute Gasteiger partial charge is 0.218 e. The zero-order valence-electron chi connectivity index (χ0n) is 16.2. The minimum absolute atomic E-state index is 0.0892. The van der Waals surface area contributed by atoms with Crippen LogP contribution in [-0.4, -0.2) is 58.4 Å². The van der Waals surface area contributed by atoms with E-state index in [1.54, 1.807) is 30.2 Å². The first-order valence-corrected chi connectivity index (χ1v) is 10.9. The zero-order valence-corrected chi connectivity index (χ0v) is 17.1. The summed E-state index contributed by atoms with van der Waals surface area (Å²) in [6, 6.07) is 4.63. The Morgan fingerprint density at radius 2 is 1.63 bits per heavy atom. The number of hydrogen-bond donors (Lipinski definition) is 0. The van der Waals surface area contributed by atoms with Gasteiger partial charge in [0.05, 0.1) is 5.75 Å². The molecule has 0 aliphatic carbocycles. The van der Waals surface area contributed by atoms with Gasteiger partial charge in [0.2, 0.25) is 10.0 Å². The van der Waals surface area contributed by atoms with Gasteiger partial charge >= 0.3 is 0 Å². The van der Waals surface area contributed by atoms with Crippen molar-refractivity contribution in [3.05, 3.63) is 66.0 Å². The highest BCUT2D eigenvalue weighted by atomic mass is 32.2. The molecule has 0 N–H and O–H groups in total. The van der Waals surface area contributed by atoms with Crippen molar-refractivity contribution in [3.8, 4) is 5.82 Å². The molecule has 0 saturated carbocycles. The van der Waals surface area contributed by atoms with Crippen LogP contribution in [0.1, 0.15) is 11.4 Å². The zero-order chi connectivity index (χ0) is 21.3. The molecule has 0 spiro atoms. The Hall–Kier alpha value is -2.92. The number of benzene rings is 1. The van der Waals surface area contributed by atoms with Gasteiger partial charge in [0.1, 0.15) is 35.4 Å². The van der Waals surface area contributed by atoms with Crippen molar-refractivity contribution in [2.24, 2.45) is 0 Å². The number of piperazine rings is 1. The fraction of sp³-hybridized carbons (Fsp3) is 0.316. The van der Waals surface area contributed by atoms with Gasteiger partial charge in [0, 0.05) is 50.7 Å². The average molecular weight is 434 g/mol. The van der Waals surface area contributed by atoms with Crippen molar-refractivity contribution in [3.63, 3.8) is 0 Å². The van der Waals surface area contributed by atoms with E-state index in [0.29, 0.717) is 30.5 Å². The van der Waals surface area contributed by atoms with Gasteiger partial charge in [-0.05, 0) is 24.6 Å². The molecule has 0 radical (unpaired) electrons. The lowest BCUT2D eigenvalue weighted by molar-refractivity contribution is 0.383. The molecular weight excluding hydrogens is 414 g/mol. The van der Waals surface area contributed by atoms with E-state index in [4.69, 9.17) is 0 Å². The van der Waals surface area contributed by atoms with E-state index in [1.165, 1.54) is 4.31 Å². The maximum absolute atomic E-state index is 13.4. The number of halogens is 2. The Morgan fingerprint density at radius 1 is 0.967 bits per heavy atom. The molecule has 3 heterocycles. The number of rotatable bonds is 5. The molecule has 158 valence electrons. The summed E-state index contributed by atoms with van der Waals surface area (Å²) in [6.07, 6.45) is 5.09. The van der Waals surface area contributed by atoms with E-state index in [2.05, 4.69) is 15.0 Å². The van der Waals surface area contributed by atoms with Crippen LogP contribution in [0.2, 0.25) is 0 Å². The normalized spacial score (nSPS) is 15.5. The topological polar surface area (TPSA) is 84.2 Å².